The van der Waals surface area contributed by atoms with Gasteiger partial charge in [-0.15, -0.1) is 0 Å². The van der Waals surface area contributed by atoms with E-state index in [9.17, 15) is 9.59 Å². The highest BCUT2D eigenvalue weighted by atomic mass is 16.4. The van der Waals surface area contributed by atoms with Gasteiger partial charge in [0.25, 0.3) is 0 Å². The fourth-order valence-corrected chi connectivity index (χ4v) is 2.50. The normalized spacial score (nSPS) is 13.0. The second-order valence-corrected chi connectivity index (χ2v) is 5.66. The predicted octanol–water partition coefficient (Wildman–Crippen LogP) is 1.08. The molecule has 0 aliphatic heterocycles. The van der Waals surface area contributed by atoms with Crippen molar-refractivity contribution in [2.75, 3.05) is 0 Å². The van der Waals surface area contributed by atoms with Gasteiger partial charge in [0.15, 0.2) is 0 Å². The molecule has 0 saturated carbocycles. The van der Waals surface area contributed by atoms with E-state index in [1.807, 2.05) is 32.0 Å². The van der Waals surface area contributed by atoms with Crippen LogP contribution in [0.3, 0.4) is 0 Å². The lowest BCUT2D eigenvalue weighted by molar-refractivity contribution is -0.140. The third-order valence-electron chi connectivity index (χ3n) is 3.80. The average molecular weight is 291 g/mol. The first-order chi connectivity index (χ1) is 9.82. The van der Waals surface area contributed by atoms with Crippen molar-refractivity contribution in [1.29, 1.82) is 0 Å². The monoisotopic (exact) mass is 291 g/mol. The zero-order chi connectivity index (χ0) is 15.7. The van der Waals surface area contributed by atoms with Crippen LogP contribution in [0.5, 0.6) is 0 Å². The summed E-state index contributed by atoms with van der Waals surface area (Å²) in [4.78, 5) is 23.0. The summed E-state index contributed by atoms with van der Waals surface area (Å²) >= 11 is 0. The standard InChI is InChI=1S/C15H21N3O3/c1-9(2)13(14(19)20)16-8-10-5-6-11-12(7-10)18(4)15(21)17(11)3/h5-7,9,13,16H,8H2,1-4H3,(H,19,20). The molecular weight excluding hydrogens is 270 g/mol. The van der Waals surface area contributed by atoms with E-state index in [1.165, 1.54) is 0 Å². The molecule has 1 aromatic carbocycles. The Morgan fingerprint density at radius 1 is 1.24 bits per heavy atom. The molecular formula is C15H21N3O3. The van der Waals surface area contributed by atoms with E-state index in [1.54, 1.807) is 23.2 Å². The number of carbonyl (C=O) groups is 1. The van der Waals surface area contributed by atoms with Gasteiger partial charge in [0, 0.05) is 20.6 Å². The van der Waals surface area contributed by atoms with E-state index in [0.29, 0.717) is 6.54 Å². The summed E-state index contributed by atoms with van der Waals surface area (Å²) in [7, 11) is 3.47. The number of nitrogens with zero attached hydrogens (tertiary/aromatic N) is 2. The number of hydrogen-bond donors (Lipinski definition) is 2. The quantitative estimate of drug-likeness (QED) is 0.864. The van der Waals surface area contributed by atoms with E-state index in [2.05, 4.69) is 5.32 Å². The van der Waals surface area contributed by atoms with Crippen LogP contribution < -0.4 is 11.0 Å². The molecule has 2 aromatic rings. The Labute approximate surface area is 123 Å². The molecule has 0 spiro atoms. The first-order valence-electron chi connectivity index (χ1n) is 6.93. The molecule has 6 nitrogen and oxygen atoms in total. The number of aliphatic carboxylic acids is 1. The third kappa shape index (κ3) is 2.85. The molecule has 21 heavy (non-hydrogen) atoms. The lowest BCUT2D eigenvalue weighted by Gasteiger charge is -2.18. The molecule has 0 amide bonds. The Balaban J connectivity index is 2.26. The van der Waals surface area contributed by atoms with Crippen LogP contribution in [0.2, 0.25) is 0 Å². The van der Waals surface area contributed by atoms with E-state index in [0.717, 1.165) is 16.6 Å². The van der Waals surface area contributed by atoms with Gasteiger partial charge in [-0.05, 0) is 23.6 Å². The van der Waals surface area contributed by atoms with Crippen molar-refractivity contribution in [3.63, 3.8) is 0 Å². The van der Waals surface area contributed by atoms with Crippen LogP contribution in [0.15, 0.2) is 23.0 Å². The largest absolute Gasteiger partial charge is 0.480 e. The molecule has 114 valence electrons. The molecule has 1 unspecified atom stereocenters. The van der Waals surface area contributed by atoms with Crippen molar-refractivity contribution in [1.82, 2.24) is 14.5 Å². The first-order valence-corrected chi connectivity index (χ1v) is 6.93. The number of carboxylic acid groups (broad SMARTS) is 1. The summed E-state index contributed by atoms with van der Waals surface area (Å²) < 4.78 is 3.19. The maximum absolute atomic E-state index is 11.9. The van der Waals surface area contributed by atoms with E-state index < -0.39 is 12.0 Å². The first kappa shape index (κ1) is 15.3. The summed E-state index contributed by atoms with van der Waals surface area (Å²) in [5.41, 5.74) is 2.60. The highest BCUT2D eigenvalue weighted by Crippen LogP contribution is 2.14. The molecule has 0 saturated heterocycles. The van der Waals surface area contributed by atoms with Crippen LogP contribution in [0, 0.1) is 5.92 Å². The summed E-state index contributed by atoms with van der Waals surface area (Å²) in [6, 6.07) is 5.14. The minimum absolute atomic E-state index is 0.00677. The predicted molar refractivity (Wildman–Crippen MR) is 81.3 cm³/mol. The number of nitrogens with one attached hydrogen (secondary N) is 1. The summed E-state index contributed by atoms with van der Waals surface area (Å²) in [5, 5.41) is 12.2. The molecule has 1 aromatic heterocycles. The zero-order valence-electron chi connectivity index (χ0n) is 12.8. The molecule has 0 fully saturated rings. The van der Waals surface area contributed by atoms with Gasteiger partial charge >= 0.3 is 11.7 Å². The number of fused-ring (bicyclic) bond motifs is 1. The van der Waals surface area contributed by atoms with Crippen LogP contribution in [0.1, 0.15) is 19.4 Å². The molecule has 0 aliphatic carbocycles. The van der Waals surface area contributed by atoms with E-state index >= 15 is 0 Å². The smallest absolute Gasteiger partial charge is 0.328 e. The second kappa shape index (κ2) is 5.73. The van der Waals surface area contributed by atoms with Crippen LogP contribution in [-0.2, 0) is 25.4 Å². The van der Waals surface area contributed by atoms with Crippen molar-refractivity contribution in [3.05, 3.63) is 34.2 Å². The Morgan fingerprint density at radius 2 is 1.86 bits per heavy atom. The number of aromatic nitrogens is 2. The molecule has 0 radical (unpaired) electrons. The van der Waals surface area contributed by atoms with Gasteiger partial charge in [-0.3, -0.25) is 13.9 Å². The molecule has 2 rings (SSSR count). The Bertz CT molecular complexity index is 728. The minimum atomic E-state index is -0.849. The van der Waals surface area contributed by atoms with Crippen molar-refractivity contribution in [3.8, 4) is 0 Å². The third-order valence-corrected chi connectivity index (χ3v) is 3.80. The number of aryl methyl sites for hydroxylation is 2. The number of benzene rings is 1. The highest BCUT2D eigenvalue weighted by molar-refractivity contribution is 5.77. The highest BCUT2D eigenvalue weighted by Gasteiger charge is 2.20. The molecule has 0 bridgehead atoms. The summed E-state index contributed by atoms with van der Waals surface area (Å²) in [6.07, 6.45) is 0. The van der Waals surface area contributed by atoms with Crippen LogP contribution in [-0.4, -0.2) is 26.3 Å². The number of rotatable bonds is 5. The van der Waals surface area contributed by atoms with Gasteiger partial charge in [0.2, 0.25) is 0 Å². The van der Waals surface area contributed by atoms with Gasteiger partial charge in [-0.25, -0.2) is 4.79 Å². The number of carboxylic acids is 1. The fourth-order valence-electron chi connectivity index (χ4n) is 2.50. The average Bonchev–Trinajstić information content (AvgIpc) is 2.63. The van der Waals surface area contributed by atoms with Gasteiger partial charge in [0.1, 0.15) is 6.04 Å². The van der Waals surface area contributed by atoms with Crippen molar-refractivity contribution < 1.29 is 9.90 Å². The Morgan fingerprint density at radius 3 is 2.43 bits per heavy atom. The molecule has 6 heteroatoms. The van der Waals surface area contributed by atoms with Crippen LogP contribution in [0.25, 0.3) is 11.0 Å². The Hall–Kier alpha value is -2.08. The molecule has 1 atom stereocenters. The molecule has 0 aliphatic rings. The van der Waals surface area contributed by atoms with E-state index in [-0.39, 0.29) is 11.6 Å². The number of imidazole rings is 1. The van der Waals surface area contributed by atoms with Crippen LogP contribution in [0.4, 0.5) is 0 Å². The number of hydrogen-bond acceptors (Lipinski definition) is 3. The molecule has 1 heterocycles. The Kier molecular flexibility index (Phi) is 4.18. The summed E-state index contributed by atoms with van der Waals surface area (Å²) in [5.74, 6) is -0.842. The van der Waals surface area contributed by atoms with E-state index in [4.69, 9.17) is 5.11 Å². The van der Waals surface area contributed by atoms with Crippen molar-refractivity contribution >= 4 is 17.0 Å². The molecule has 2 N–H and O–H groups in total. The van der Waals surface area contributed by atoms with Crippen molar-refractivity contribution in [2.24, 2.45) is 20.0 Å². The lowest BCUT2D eigenvalue weighted by atomic mass is 10.0. The lowest BCUT2D eigenvalue weighted by Crippen LogP contribution is -2.40. The van der Waals surface area contributed by atoms with Crippen molar-refractivity contribution in [2.45, 2.75) is 26.4 Å². The topological polar surface area (TPSA) is 76.3 Å². The van der Waals surface area contributed by atoms with Gasteiger partial charge in [-0.2, -0.15) is 0 Å². The maximum atomic E-state index is 11.9. The SMILES string of the molecule is CC(C)C(NCc1ccc2c(c1)n(C)c(=O)n2C)C(=O)O. The minimum Gasteiger partial charge on any atom is -0.480 e. The maximum Gasteiger partial charge on any atom is 0.328 e. The fraction of sp³-hybridized carbons (Fsp3) is 0.467. The second-order valence-electron chi connectivity index (χ2n) is 5.66. The summed E-state index contributed by atoms with van der Waals surface area (Å²) in [6.45, 7) is 4.19. The zero-order valence-corrected chi connectivity index (χ0v) is 12.8. The van der Waals surface area contributed by atoms with Gasteiger partial charge in [0.05, 0.1) is 11.0 Å². The van der Waals surface area contributed by atoms with Gasteiger partial charge < -0.3 is 10.4 Å². The van der Waals surface area contributed by atoms with Gasteiger partial charge in [-0.1, -0.05) is 19.9 Å². The van der Waals surface area contributed by atoms with Crippen LogP contribution >= 0.6 is 0 Å².